The van der Waals surface area contributed by atoms with Crippen molar-refractivity contribution in [3.63, 3.8) is 0 Å². The summed E-state index contributed by atoms with van der Waals surface area (Å²) in [5.41, 5.74) is 3.99. The van der Waals surface area contributed by atoms with Crippen LogP contribution in [-0.4, -0.2) is 18.0 Å². The lowest BCUT2D eigenvalue weighted by Gasteiger charge is -2.38. The highest BCUT2D eigenvalue weighted by molar-refractivity contribution is 9.10. The summed E-state index contributed by atoms with van der Waals surface area (Å²) in [5, 5.41) is 4.43. The van der Waals surface area contributed by atoms with Gasteiger partial charge < -0.3 is 14.8 Å². The topological polar surface area (TPSA) is 63.7 Å². The zero-order valence-corrected chi connectivity index (χ0v) is 22.2. The average molecular weight is 566 g/mol. The van der Waals surface area contributed by atoms with Crippen LogP contribution < -0.4 is 19.7 Å². The van der Waals surface area contributed by atoms with Gasteiger partial charge >= 0.3 is 0 Å². The van der Waals surface area contributed by atoms with E-state index in [0.29, 0.717) is 29.5 Å². The molecule has 0 saturated carbocycles. The molecule has 38 heavy (non-hydrogen) atoms. The maximum Gasteiger partial charge on any atom is 0.264 e. The van der Waals surface area contributed by atoms with E-state index in [-0.39, 0.29) is 5.91 Å². The number of methoxy groups -OCH3 is 1. The van der Waals surface area contributed by atoms with Gasteiger partial charge in [0.05, 0.1) is 22.7 Å². The lowest BCUT2D eigenvalue weighted by molar-refractivity contribution is 0.0974. The van der Waals surface area contributed by atoms with Crippen LogP contribution in [0.3, 0.4) is 0 Å². The summed E-state index contributed by atoms with van der Waals surface area (Å²) in [7, 11) is 1.61. The highest BCUT2D eigenvalue weighted by Crippen LogP contribution is 2.43. The van der Waals surface area contributed by atoms with Crippen molar-refractivity contribution in [2.24, 2.45) is 0 Å². The van der Waals surface area contributed by atoms with E-state index in [1.165, 1.54) is 0 Å². The molecule has 1 aromatic heterocycles. The van der Waals surface area contributed by atoms with Gasteiger partial charge in [0.25, 0.3) is 5.91 Å². The van der Waals surface area contributed by atoms with Gasteiger partial charge in [-0.05, 0) is 57.9 Å². The Balaban J connectivity index is 1.43. The maximum absolute atomic E-state index is 14.0. The number of carbonyl (C=O) groups excluding carboxylic acids is 1. The average Bonchev–Trinajstić information content (AvgIpc) is 2.96. The summed E-state index contributed by atoms with van der Waals surface area (Å²) in [6.07, 6.45) is -0.528. The van der Waals surface area contributed by atoms with E-state index in [2.05, 4.69) is 21.2 Å². The third kappa shape index (κ3) is 4.46. The third-order valence-corrected chi connectivity index (χ3v) is 7.12. The molecule has 1 amide bonds. The number of fused-ring (bicyclic) bond motifs is 2. The Morgan fingerprint density at radius 3 is 2.39 bits per heavy atom. The van der Waals surface area contributed by atoms with Crippen LogP contribution in [0, 0.1) is 0 Å². The summed E-state index contributed by atoms with van der Waals surface area (Å²) < 4.78 is 12.6. The Morgan fingerprint density at radius 2 is 1.63 bits per heavy atom. The number of nitrogens with zero attached hydrogens (tertiary/aromatic N) is 2. The van der Waals surface area contributed by atoms with Crippen LogP contribution in [0.15, 0.2) is 108 Å². The number of pyridine rings is 1. The molecule has 6 rings (SSSR count). The lowest BCUT2D eigenvalue weighted by Crippen LogP contribution is -2.43. The summed E-state index contributed by atoms with van der Waals surface area (Å²) in [6.45, 7) is 0.399. The number of carbonyl (C=O) groups is 1. The second-order valence-corrected chi connectivity index (χ2v) is 9.80. The van der Waals surface area contributed by atoms with Crippen molar-refractivity contribution in [3.8, 4) is 11.5 Å². The summed E-state index contributed by atoms with van der Waals surface area (Å²) >= 11 is 3.68. The van der Waals surface area contributed by atoms with E-state index < -0.39 is 6.17 Å². The molecule has 6 nitrogen and oxygen atoms in total. The molecule has 4 aromatic carbocycles. The maximum atomic E-state index is 14.0. The molecule has 0 spiro atoms. The molecular formula is C31H24BrN3O3. The molecule has 0 radical (unpaired) electrons. The molecule has 1 atom stereocenters. The Kier molecular flexibility index (Phi) is 6.43. The zero-order chi connectivity index (χ0) is 26.1. The first-order valence-electron chi connectivity index (χ1n) is 12.2. The fourth-order valence-corrected chi connectivity index (χ4v) is 5.26. The van der Waals surface area contributed by atoms with Crippen molar-refractivity contribution in [2.75, 3.05) is 17.3 Å². The molecule has 1 N–H and O–H groups in total. The van der Waals surface area contributed by atoms with E-state index in [1.807, 2.05) is 103 Å². The van der Waals surface area contributed by atoms with Crippen LogP contribution in [0.4, 0.5) is 11.5 Å². The molecule has 7 heteroatoms. The van der Waals surface area contributed by atoms with E-state index in [0.717, 1.165) is 32.2 Å². The number of halogens is 1. The van der Waals surface area contributed by atoms with Crippen molar-refractivity contribution < 1.29 is 14.3 Å². The van der Waals surface area contributed by atoms with Crippen molar-refractivity contribution in [2.45, 2.75) is 12.8 Å². The van der Waals surface area contributed by atoms with E-state index in [4.69, 9.17) is 14.5 Å². The van der Waals surface area contributed by atoms with E-state index in [1.54, 1.807) is 12.0 Å². The number of amides is 1. The summed E-state index contributed by atoms with van der Waals surface area (Å²) in [4.78, 5) is 20.5. The first-order chi connectivity index (χ1) is 18.6. The highest BCUT2D eigenvalue weighted by atomic mass is 79.9. The summed E-state index contributed by atoms with van der Waals surface area (Å²) in [5.74, 6) is 1.57. The highest BCUT2D eigenvalue weighted by Gasteiger charge is 2.36. The predicted octanol–water partition coefficient (Wildman–Crippen LogP) is 7.36. The van der Waals surface area contributed by atoms with Crippen molar-refractivity contribution >= 4 is 44.2 Å². The number of benzene rings is 4. The molecular weight excluding hydrogens is 542 g/mol. The molecule has 2 heterocycles. The minimum Gasteiger partial charge on any atom is -0.493 e. The molecule has 1 aliphatic heterocycles. The van der Waals surface area contributed by atoms with Gasteiger partial charge in [-0.25, -0.2) is 4.98 Å². The molecule has 0 unspecified atom stereocenters. The number of rotatable bonds is 6. The lowest BCUT2D eigenvalue weighted by atomic mass is 10.0. The number of aromatic nitrogens is 1. The van der Waals surface area contributed by atoms with Crippen LogP contribution in [0.1, 0.15) is 27.7 Å². The number of ether oxygens (including phenoxy) is 2. The number of hydrogen-bond donors (Lipinski definition) is 1. The van der Waals surface area contributed by atoms with Gasteiger partial charge in [0, 0.05) is 16.6 Å². The molecule has 0 aliphatic carbocycles. The number of para-hydroxylation sites is 2. The molecule has 5 aromatic rings. The van der Waals surface area contributed by atoms with E-state index >= 15 is 0 Å². The van der Waals surface area contributed by atoms with Crippen LogP contribution in [0.2, 0.25) is 0 Å². The number of hydrogen-bond acceptors (Lipinski definition) is 5. The Labute approximate surface area is 229 Å². The first-order valence-corrected chi connectivity index (χ1v) is 13.0. The molecule has 188 valence electrons. The largest absolute Gasteiger partial charge is 0.493 e. The SMILES string of the molecule is COc1cc([C@H]2Nc3nc4ccccc4cc3C(=O)N2c2ccccc2)cc(Br)c1OCc1ccccc1. The van der Waals surface area contributed by atoms with Gasteiger partial charge in [0.1, 0.15) is 18.6 Å². The van der Waals surface area contributed by atoms with Crippen molar-refractivity contribution in [1.82, 2.24) is 4.98 Å². The van der Waals surface area contributed by atoms with Crippen LogP contribution in [0.25, 0.3) is 10.9 Å². The van der Waals surface area contributed by atoms with Crippen LogP contribution >= 0.6 is 15.9 Å². The fourth-order valence-electron chi connectivity index (χ4n) is 4.68. The minimum atomic E-state index is -0.528. The molecule has 0 fully saturated rings. The van der Waals surface area contributed by atoms with Gasteiger partial charge in [-0.1, -0.05) is 66.7 Å². The van der Waals surface area contributed by atoms with Crippen molar-refractivity contribution in [1.29, 1.82) is 0 Å². The van der Waals surface area contributed by atoms with Gasteiger partial charge in [-0.15, -0.1) is 0 Å². The molecule has 0 bridgehead atoms. The van der Waals surface area contributed by atoms with Gasteiger partial charge in [0.2, 0.25) is 0 Å². The third-order valence-electron chi connectivity index (χ3n) is 6.53. The first kappa shape index (κ1) is 24.0. The number of anilines is 2. The summed E-state index contributed by atoms with van der Waals surface area (Å²) in [6, 6.07) is 33.1. The van der Waals surface area contributed by atoms with Gasteiger partial charge in [-0.3, -0.25) is 9.69 Å². The normalized spacial score (nSPS) is 14.6. The second kappa shape index (κ2) is 10.2. The second-order valence-electron chi connectivity index (χ2n) is 8.94. The quantitative estimate of drug-likeness (QED) is 0.233. The van der Waals surface area contributed by atoms with Gasteiger partial charge in [0.15, 0.2) is 11.5 Å². The molecule has 0 saturated heterocycles. The molecule has 1 aliphatic rings. The minimum absolute atomic E-state index is 0.132. The predicted molar refractivity (Wildman–Crippen MR) is 153 cm³/mol. The Bertz CT molecular complexity index is 1630. The van der Waals surface area contributed by atoms with Crippen molar-refractivity contribution in [3.05, 3.63) is 124 Å². The van der Waals surface area contributed by atoms with Gasteiger partial charge in [-0.2, -0.15) is 0 Å². The van der Waals surface area contributed by atoms with E-state index in [9.17, 15) is 4.79 Å². The number of nitrogens with one attached hydrogen (secondary N) is 1. The van der Waals surface area contributed by atoms with Crippen LogP contribution in [-0.2, 0) is 6.61 Å². The smallest absolute Gasteiger partial charge is 0.264 e. The van der Waals surface area contributed by atoms with Crippen LogP contribution in [0.5, 0.6) is 11.5 Å². The fraction of sp³-hybridized carbons (Fsp3) is 0.0968. The standard InChI is InChI=1S/C31H24BrN3O3/c1-37-27-18-22(17-25(32)28(27)38-19-20-10-4-2-5-11-20)30-34-29-24(16-21-12-8-9-15-26(21)33-29)31(36)35(30)23-13-6-3-7-14-23/h2-18,30H,19H2,1H3,(H,33,34)/t30-/m0/s1. The monoisotopic (exact) mass is 565 g/mol. The Hall–Kier alpha value is -4.36. The zero-order valence-electron chi connectivity index (χ0n) is 20.6. The Morgan fingerprint density at radius 1 is 0.921 bits per heavy atom.